The topological polar surface area (TPSA) is 94.3 Å². The molecule has 0 saturated carbocycles. The Balaban J connectivity index is 1.35. The lowest BCUT2D eigenvalue weighted by atomic mass is 10.0. The number of carbonyl (C=O) groups is 1. The molecule has 1 aliphatic rings. The summed E-state index contributed by atoms with van der Waals surface area (Å²) in [6, 6.07) is 21.9. The van der Waals surface area contributed by atoms with Gasteiger partial charge in [-0.2, -0.15) is 5.10 Å². The van der Waals surface area contributed by atoms with Crippen LogP contribution in [0.4, 0.5) is 5.95 Å². The zero-order valence-electron chi connectivity index (χ0n) is 22.6. The number of anilines is 1. The van der Waals surface area contributed by atoms with Crippen molar-refractivity contribution in [3.63, 3.8) is 0 Å². The standard InChI is InChI=1S/C31H26Cl2N6O3/c1-42-24-10-3-20(4-11-24)18-34-31-36-28-19-37(29(40)21-5-12-26(32)27(33)17-21)16-13-25(28)30(41)39(31)23-8-6-22(7-9-23)38-15-2-14-35-38/h2-12,14-15,17H,13,16,18-19H2,1H3,(H,34,36). The number of halogens is 2. The minimum absolute atomic E-state index is 0.175. The zero-order chi connectivity index (χ0) is 29.2. The third-order valence-corrected chi connectivity index (χ3v) is 7.91. The van der Waals surface area contributed by atoms with Gasteiger partial charge in [0.2, 0.25) is 5.95 Å². The number of fused-ring (bicyclic) bond motifs is 1. The molecule has 3 heterocycles. The lowest BCUT2D eigenvalue weighted by Gasteiger charge is -2.29. The molecule has 1 aliphatic heterocycles. The van der Waals surface area contributed by atoms with E-state index in [2.05, 4.69) is 10.4 Å². The largest absolute Gasteiger partial charge is 0.497 e. The highest BCUT2D eigenvalue weighted by molar-refractivity contribution is 6.42. The molecule has 5 aromatic rings. The van der Waals surface area contributed by atoms with Crippen molar-refractivity contribution in [1.82, 2.24) is 24.2 Å². The molecule has 0 saturated heterocycles. The number of rotatable bonds is 7. The van der Waals surface area contributed by atoms with Crippen LogP contribution in [0.3, 0.4) is 0 Å². The van der Waals surface area contributed by atoms with Crippen LogP contribution < -0.4 is 15.6 Å². The van der Waals surface area contributed by atoms with Gasteiger partial charge in [-0.25, -0.2) is 14.2 Å². The average Bonchev–Trinajstić information content (AvgIpc) is 3.56. The number of benzene rings is 3. The summed E-state index contributed by atoms with van der Waals surface area (Å²) in [7, 11) is 1.62. The fourth-order valence-electron chi connectivity index (χ4n) is 4.93. The quantitative estimate of drug-likeness (QED) is 0.263. The first kappa shape index (κ1) is 27.6. The predicted molar refractivity (Wildman–Crippen MR) is 162 cm³/mol. The van der Waals surface area contributed by atoms with Crippen LogP contribution in [0.15, 0.2) is 90.0 Å². The maximum Gasteiger partial charge on any atom is 0.263 e. The van der Waals surface area contributed by atoms with Crippen LogP contribution in [0.25, 0.3) is 11.4 Å². The number of methoxy groups -OCH3 is 1. The molecule has 0 radical (unpaired) electrons. The molecule has 3 aromatic carbocycles. The highest BCUT2D eigenvalue weighted by Gasteiger charge is 2.27. The van der Waals surface area contributed by atoms with E-state index < -0.39 is 0 Å². The number of carbonyl (C=O) groups excluding carboxylic acids is 1. The van der Waals surface area contributed by atoms with E-state index in [4.69, 9.17) is 32.9 Å². The number of amides is 1. The number of hydrogen-bond donors (Lipinski definition) is 1. The van der Waals surface area contributed by atoms with Crippen molar-refractivity contribution in [3.05, 3.63) is 128 Å². The molecule has 2 aromatic heterocycles. The van der Waals surface area contributed by atoms with Gasteiger partial charge in [0.15, 0.2) is 0 Å². The predicted octanol–water partition coefficient (Wildman–Crippen LogP) is 5.54. The third-order valence-electron chi connectivity index (χ3n) is 7.17. The van der Waals surface area contributed by atoms with Gasteiger partial charge in [-0.05, 0) is 72.6 Å². The number of nitrogens with zero attached hydrogens (tertiary/aromatic N) is 5. The molecular weight excluding hydrogens is 575 g/mol. The molecule has 0 unspecified atom stereocenters. The van der Waals surface area contributed by atoms with Gasteiger partial charge in [0.05, 0.1) is 40.8 Å². The summed E-state index contributed by atoms with van der Waals surface area (Å²) in [6.07, 6.45) is 3.94. The van der Waals surface area contributed by atoms with Gasteiger partial charge >= 0.3 is 0 Å². The number of ether oxygens (including phenoxy) is 1. The Morgan fingerprint density at radius 1 is 1.00 bits per heavy atom. The van der Waals surface area contributed by atoms with E-state index in [1.165, 1.54) is 0 Å². The molecule has 212 valence electrons. The number of nitrogens with one attached hydrogen (secondary N) is 1. The van der Waals surface area contributed by atoms with Crippen LogP contribution in [-0.2, 0) is 19.5 Å². The van der Waals surface area contributed by atoms with Crippen LogP contribution in [0.2, 0.25) is 10.0 Å². The SMILES string of the molecule is COc1ccc(CNc2nc3c(c(=O)n2-c2ccc(-n4cccn4)cc2)CCN(C(=O)c2ccc(Cl)c(Cl)c2)C3)cc1. The second-order valence-corrected chi connectivity index (χ2v) is 10.6. The van der Waals surface area contributed by atoms with Gasteiger partial charge in [-0.15, -0.1) is 0 Å². The average molecular weight is 601 g/mol. The molecule has 0 fully saturated rings. The van der Waals surface area contributed by atoms with E-state index in [1.807, 2.05) is 60.8 Å². The van der Waals surface area contributed by atoms with Gasteiger partial charge < -0.3 is 15.0 Å². The van der Waals surface area contributed by atoms with Gasteiger partial charge in [0.1, 0.15) is 5.75 Å². The van der Waals surface area contributed by atoms with E-state index in [-0.39, 0.29) is 18.0 Å². The summed E-state index contributed by atoms with van der Waals surface area (Å²) in [5, 5.41) is 8.31. The van der Waals surface area contributed by atoms with Gasteiger partial charge in [0.25, 0.3) is 11.5 Å². The van der Waals surface area contributed by atoms with Crippen LogP contribution in [0.5, 0.6) is 5.75 Å². The second-order valence-electron chi connectivity index (χ2n) is 9.78. The summed E-state index contributed by atoms with van der Waals surface area (Å²) < 4.78 is 8.61. The molecule has 1 N–H and O–H groups in total. The molecule has 1 amide bonds. The van der Waals surface area contributed by atoms with Crippen molar-refractivity contribution in [2.45, 2.75) is 19.5 Å². The second kappa shape index (κ2) is 11.7. The molecule has 9 nitrogen and oxygen atoms in total. The minimum Gasteiger partial charge on any atom is -0.497 e. The molecular formula is C31H26Cl2N6O3. The maximum atomic E-state index is 14.0. The van der Waals surface area contributed by atoms with E-state index in [0.29, 0.717) is 58.0 Å². The molecule has 0 atom stereocenters. The molecule has 0 spiro atoms. The molecule has 11 heteroatoms. The van der Waals surface area contributed by atoms with Crippen molar-refractivity contribution in [2.24, 2.45) is 0 Å². The fraction of sp³-hybridized carbons (Fsp3) is 0.161. The monoisotopic (exact) mass is 600 g/mol. The number of hydrogen-bond acceptors (Lipinski definition) is 6. The lowest BCUT2D eigenvalue weighted by molar-refractivity contribution is 0.0731. The van der Waals surface area contributed by atoms with E-state index in [1.54, 1.807) is 45.7 Å². The summed E-state index contributed by atoms with van der Waals surface area (Å²) in [4.78, 5) is 33.9. The first-order valence-electron chi connectivity index (χ1n) is 13.3. The fourth-order valence-corrected chi connectivity index (χ4v) is 5.23. The summed E-state index contributed by atoms with van der Waals surface area (Å²) >= 11 is 12.2. The first-order chi connectivity index (χ1) is 20.4. The summed E-state index contributed by atoms with van der Waals surface area (Å²) in [5.74, 6) is 0.934. The summed E-state index contributed by atoms with van der Waals surface area (Å²) in [5.41, 5.74) is 3.91. The van der Waals surface area contributed by atoms with Gasteiger partial charge in [0, 0.05) is 36.6 Å². The number of aromatic nitrogens is 4. The Morgan fingerprint density at radius 3 is 2.45 bits per heavy atom. The molecule has 6 rings (SSSR count). The Bertz CT molecular complexity index is 1800. The third kappa shape index (κ3) is 5.48. The molecule has 0 bridgehead atoms. The van der Waals surface area contributed by atoms with Crippen molar-refractivity contribution in [1.29, 1.82) is 0 Å². The summed E-state index contributed by atoms with van der Waals surface area (Å²) in [6.45, 7) is 0.992. The van der Waals surface area contributed by atoms with Crippen molar-refractivity contribution >= 4 is 35.1 Å². The van der Waals surface area contributed by atoms with E-state index in [9.17, 15) is 9.59 Å². The van der Waals surface area contributed by atoms with Crippen LogP contribution in [0, 0.1) is 0 Å². The highest BCUT2D eigenvalue weighted by atomic mass is 35.5. The Morgan fingerprint density at radius 2 is 1.76 bits per heavy atom. The highest BCUT2D eigenvalue weighted by Crippen LogP contribution is 2.26. The Kier molecular flexibility index (Phi) is 7.69. The van der Waals surface area contributed by atoms with E-state index in [0.717, 1.165) is 17.0 Å². The zero-order valence-corrected chi connectivity index (χ0v) is 24.1. The lowest BCUT2D eigenvalue weighted by Crippen LogP contribution is -2.40. The van der Waals surface area contributed by atoms with Crippen molar-refractivity contribution in [2.75, 3.05) is 19.0 Å². The van der Waals surface area contributed by atoms with Crippen molar-refractivity contribution in [3.8, 4) is 17.1 Å². The Labute approximate surface area is 251 Å². The van der Waals surface area contributed by atoms with Gasteiger partial charge in [-0.1, -0.05) is 35.3 Å². The van der Waals surface area contributed by atoms with Crippen LogP contribution in [-0.4, -0.2) is 43.8 Å². The first-order valence-corrected chi connectivity index (χ1v) is 14.0. The van der Waals surface area contributed by atoms with E-state index >= 15 is 0 Å². The normalized spacial score (nSPS) is 12.6. The van der Waals surface area contributed by atoms with Crippen LogP contribution >= 0.6 is 23.2 Å². The molecule has 0 aliphatic carbocycles. The minimum atomic E-state index is -0.202. The maximum absolute atomic E-state index is 14.0. The van der Waals surface area contributed by atoms with Crippen molar-refractivity contribution < 1.29 is 9.53 Å². The van der Waals surface area contributed by atoms with Crippen LogP contribution in [0.1, 0.15) is 27.2 Å². The molecule has 42 heavy (non-hydrogen) atoms. The van der Waals surface area contributed by atoms with Gasteiger partial charge in [-0.3, -0.25) is 9.59 Å². The Hall–Kier alpha value is -4.60. The smallest absolute Gasteiger partial charge is 0.263 e.